The Morgan fingerprint density at radius 1 is 1.55 bits per heavy atom. The Labute approximate surface area is 136 Å². The smallest absolute Gasteiger partial charge is 0.174 e. The molecule has 1 aromatic rings. The first-order chi connectivity index (χ1) is 12.2. The highest BCUT2D eigenvalue weighted by molar-refractivity contribution is 5.89. The van der Waals surface area contributed by atoms with Gasteiger partial charge in [0.25, 0.3) is 0 Å². The van der Waals surface area contributed by atoms with E-state index in [0.29, 0.717) is 37.3 Å². The third kappa shape index (κ3) is 1.27. The van der Waals surface area contributed by atoms with Crippen LogP contribution in [0.15, 0.2) is 12.1 Å². The molecule has 22 heavy (non-hydrogen) atoms. The Bertz CT molecular complexity index is 825. The van der Waals surface area contributed by atoms with Crippen molar-refractivity contribution in [2.45, 2.75) is 43.2 Å². The molecule has 1 saturated carbocycles. The molecule has 1 spiro atoms. The van der Waals surface area contributed by atoms with Gasteiger partial charge < -0.3 is 14.4 Å². The van der Waals surface area contributed by atoms with Crippen LogP contribution in [0, 0.1) is 5.92 Å². The van der Waals surface area contributed by atoms with E-state index in [-0.39, 0.29) is 24.2 Å². The first kappa shape index (κ1) is 9.56. The summed E-state index contributed by atoms with van der Waals surface area (Å²) in [6, 6.07) is 3.54. The number of hydrogen-bond acceptors (Lipinski definition) is 4. The summed E-state index contributed by atoms with van der Waals surface area (Å²) in [5.74, 6) is 0.775. The van der Waals surface area contributed by atoms with Crippen molar-refractivity contribution in [3.05, 3.63) is 23.3 Å². The Hall–Kier alpha value is -1.55. The molecular formula is C18H21NO3. The number of ketones is 1. The summed E-state index contributed by atoms with van der Waals surface area (Å²) in [6.07, 6.45) is 0.226. The molecule has 5 rings (SSSR count). The molecule has 0 radical (unpaired) electrons. The average Bonchev–Trinajstić information content (AvgIpc) is 2.84. The van der Waals surface area contributed by atoms with E-state index in [1.54, 1.807) is 18.1 Å². The molecule has 2 heterocycles. The standard InChI is InChI=1S/C18H21NO3/c1-19-8-7-18-11-4-5-13(20)17(18)22-16-14(21-2)6-3-10(15(16)18)9-12(11)19/h3,6,11-12,17H,4-5,7-9H2,1-2H3/t11-,12+,17?,18-/m0/s1/i1D3,17D. The van der Waals surface area contributed by atoms with Gasteiger partial charge in [-0.1, -0.05) is 6.07 Å². The Kier molecular flexibility index (Phi) is 1.76. The van der Waals surface area contributed by atoms with Crippen LogP contribution in [-0.4, -0.2) is 43.4 Å². The summed E-state index contributed by atoms with van der Waals surface area (Å²) in [7, 11) is 1.56. The summed E-state index contributed by atoms with van der Waals surface area (Å²) in [4.78, 5) is 14.4. The van der Waals surface area contributed by atoms with Gasteiger partial charge in [0.1, 0.15) is 0 Å². The molecule has 4 nitrogen and oxygen atoms in total. The lowest BCUT2D eigenvalue weighted by atomic mass is 9.52. The fraction of sp³-hybridized carbons (Fsp3) is 0.611. The summed E-state index contributed by atoms with van der Waals surface area (Å²) in [5.41, 5.74) is 1.14. The lowest BCUT2D eigenvalue weighted by Crippen LogP contribution is -2.65. The zero-order valence-electron chi connectivity index (χ0n) is 16.5. The molecule has 116 valence electrons. The molecule has 0 aromatic heterocycles. The first-order valence-electron chi connectivity index (χ1n) is 9.93. The molecule has 2 bridgehead atoms. The van der Waals surface area contributed by atoms with Gasteiger partial charge in [0, 0.05) is 27.6 Å². The molecule has 0 amide bonds. The number of piperidine rings is 1. The molecular weight excluding hydrogens is 278 g/mol. The maximum Gasteiger partial charge on any atom is 0.174 e. The number of hydrogen-bond donors (Lipinski definition) is 0. The second-order valence-corrected chi connectivity index (χ2v) is 6.82. The van der Waals surface area contributed by atoms with Crippen LogP contribution in [0.1, 0.15) is 35.9 Å². The molecule has 0 N–H and O–H groups in total. The third-order valence-electron chi connectivity index (χ3n) is 6.09. The van der Waals surface area contributed by atoms with Crippen LogP contribution in [0.3, 0.4) is 0 Å². The number of carbonyl (C=O) groups excluding carboxylic acids is 1. The van der Waals surface area contributed by atoms with E-state index in [1.165, 1.54) is 0 Å². The molecule has 1 aromatic carbocycles. The summed E-state index contributed by atoms with van der Waals surface area (Å²) in [6.45, 7) is -1.84. The van der Waals surface area contributed by atoms with Crippen LogP contribution < -0.4 is 9.47 Å². The zero-order chi connectivity index (χ0) is 18.5. The summed E-state index contributed by atoms with van der Waals surface area (Å²) < 4.78 is 44.4. The number of Topliss-reactive ketones (excluding diaryl/α,β-unsaturated/α-hetero) is 1. The Morgan fingerprint density at radius 3 is 3.27 bits per heavy atom. The van der Waals surface area contributed by atoms with Gasteiger partial charge in [-0.05, 0) is 50.3 Å². The van der Waals surface area contributed by atoms with E-state index in [4.69, 9.17) is 15.0 Å². The second kappa shape index (κ2) is 4.05. The molecule has 2 fully saturated rings. The number of ether oxygens (including phenoxy) is 2. The van der Waals surface area contributed by atoms with Gasteiger partial charge in [-0.25, -0.2) is 0 Å². The van der Waals surface area contributed by atoms with Crippen molar-refractivity contribution in [3.63, 3.8) is 0 Å². The maximum absolute atomic E-state index is 12.8. The predicted octanol–water partition coefficient (Wildman–Crippen LogP) is 1.93. The molecule has 4 aliphatic rings. The Balaban J connectivity index is 1.79. The number of rotatable bonds is 1. The first-order valence-corrected chi connectivity index (χ1v) is 7.93. The number of likely N-dealkylation sites (tertiary alicyclic amines) is 1. The van der Waals surface area contributed by atoms with E-state index in [9.17, 15) is 4.79 Å². The molecule has 1 saturated heterocycles. The van der Waals surface area contributed by atoms with Crippen LogP contribution in [0.5, 0.6) is 11.5 Å². The number of methoxy groups -OCH3 is 1. The third-order valence-corrected chi connectivity index (χ3v) is 6.09. The van der Waals surface area contributed by atoms with E-state index in [0.717, 1.165) is 11.1 Å². The van der Waals surface area contributed by atoms with E-state index in [2.05, 4.69) is 0 Å². The van der Waals surface area contributed by atoms with Gasteiger partial charge in [0.2, 0.25) is 0 Å². The molecule has 2 aliphatic heterocycles. The van der Waals surface area contributed by atoms with Crippen molar-refractivity contribution < 1.29 is 19.8 Å². The second-order valence-electron chi connectivity index (χ2n) is 6.82. The highest BCUT2D eigenvalue weighted by Gasteiger charge is 2.65. The summed E-state index contributed by atoms with van der Waals surface area (Å²) in [5, 5.41) is 0. The van der Waals surface area contributed by atoms with Crippen LogP contribution >= 0.6 is 0 Å². The van der Waals surface area contributed by atoms with E-state index in [1.807, 2.05) is 6.07 Å². The maximum atomic E-state index is 12.8. The van der Waals surface area contributed by atoms with Gasteiger partial charge in [-0.2, -0.15) is 0 Å². The fourth-order valence-corrected chi connectivity index (χ4v) is 5.24. The molecule has 4 heteroatoms. The van der Waals surface area contributed by atoms with Crippen molar-refractivity contribution >= 4 is 5.78 Å². The van der Waals surface area contributed by atoms with Crippen LogP contribution in [0.25, 0.3) is 0 Å². The van der Waals surface area contributed by atoms with Crippen molar-refractivity contribution in [1.29, 1.82) is 0 Å². The number of nitrogens with zero attached hydrogens (tertiary/aromatic N) is 1. The number of likely N-dealkylation sites (N-methyl/N-ethyl adjacent to an activating group) is 1. The highest BCUT2D eigenvalue weighted by Crippen LogP contribution is 2.62. The van der Waals surface area contributed by atoms with Crippen molar-refractivity contribution in [3.8, 4) is 11.5 Å². The van der Waals surface area contributed by atoms with Crippen LogP contribution in [-0.2, 0) is 16.6 Å². The van der Waals surface area contributed by atoms with Gasteiger partial charge in [-0.15, -0.1) is 0 Å². The van der Waals surface area contributed by atoms with Gasteiger partial charge >= 0.3 is 0 Å². The monoisotopic (exact) mass is 303 g/mol. The SMILES string of the molecule is [2H]C([2H])([2H])N1CC[C@]23c4c5ccc(OC)c4OC2([2H])C(=O)CC[C@H]3[C@H]1C5. The normalized spacial score (nSPS) is 45.0. The Morgan fingerprint density at radius 2 is 2.45 bits per heavy atom. The van der Waals surface area contributed by atoms with Crippen molar-refractivity contribution in [2.24, 2.45) is 5.92 Å². The average molecular weight is 303 g/mol. The van der Waals surface area contributed by atoms with E-state index < -0.39 is 18.5 Å². The van der Waals surface area contributed by atoms with Gasteiger partial charge in [0.05, 0.1) is 8.48 Å². The van der Waals surface area contributed by atoms with Crippen molar-refractivity contribution in [2.75, 3.05) is 20.6 Å². The summed E-state index contributed by atoms with van der Waals surface area (Å²) >= 11 is 0. The minimum atomic E-state index is -2.18. The molecule has 4 atom stereocenters. The highest BCUT2D eigenvalue weighted by atomic mass is 16.5. The topological polar surface area (TPSA) is 38.8 Å². The lowest BCUT2D eigenvalue weighted by molar-refractivity contribution is -0.138. The zero-order valence-corrected chi connectivity index (χ0v) is 12.5. The van der Waals surface area contributed by atoms with Gasteiger partial charge in [0.15, 0.2) is 23.4 Å². The van der Waals surface area contributed by atoms with E-state index >= 15 is 0 Å². The van der Waals surface area contributed by atoms with Crippen LogP contribution in [0.2, 0.25) is 0 Å². The fourth-order valence-electron chi connectivity index (χ4n) is 5.24. The number of carbonyl (C=O) groups is 1. The predicted molar refractivity (Wildman–Crippen MR) is 81.6 cm³/mol. The molecule has 1 unspecified atom stereocenters. The minimum Gasteiger partial charge on any atom is -0.493 e. The van der Waals surface area contributed by atoms with Crippen LogP contribution in [0.4, 0.5) is 0 Å². The largest absolute Gasteiger partial charge is 0.493 e. The lowest BCUT2D eigenvalue weighted by Gasteiger charge is -2.57. The minimum absolute atomic E-state index is 0.0762. The quantitative estimate of drug-likeness (QED) is 0.795. The number of benzene rings is 1. The van der Waals surface area contributed by atoms with Crippen molar-refractivity contribution in [1.82, 2.24) is 4.90 Å². The van der Waals surface area contributed by atoms with Gasteiger partial charge in [-0.3, -0.25) is 4.79 Å². The molecule has 2 aliphatic carbocycles.